The van der Waals surface area contributed by atoms with Gasteiger partial charge >= 0.3 is 5.97 Å². The first-order valence-electron chi connectivity index (χ1n) is 15.1. The molecule has 4 rings (SSSR count). The molecule has 4 aliphatic rings. The SMILES string of the molecule is CC(=O)N[C@H]1[C@@H](O[C@H]2[C@H](O)[C@@H](O)[C@@H](O)O[C@@H]2C(=O)O)O[C@H](CO[C@H]2O[C@H](CO)[C@H](O)[C@H](O)[C@H]2O[C@H]2O[C@H](CO)[C@@H](O)[C@H](O)[C@@H]2O)[C@@H](O)[C@@H]1O. The average molecular weight is 722 g/mol. The number of carboxylic acid groups (broad SMARTS) is 1. The van der Waals surface area contributed by atoms with Crippen molar-refractivity contribution in [2.75, 3.05) is 19.8 Å². The van der Waals surface area contributed by atoms with Crippen LogP contribution in [0.2, 0.25) is 0 Å². The molecule has 284 valence electrons. The van der Waals surface area contributed by atoms with Crippen LogP contribution in [0, 0.1) is 0 Å². The number of hydrogen-bond acceptors (Lipinski definition) is 21. The maximum absolute atomic E-state index is 11.9. The number of rotatable bonds is 11. The normalized spacial score (nSPS) is 49.3. The van der Waals surface area contributed by atoms with E-state index in [1.54, 1.807) is 0 Å². The van der Waals surface area contributed by atoms with Gasteiger partial charge in [0.15, 0.2) is 31.3 Å². The maximum Gasteiger partial charge on any atom is 0.335 e. The molecular formula is C26H43NO22. The smallest absolute Gasteiger partial charge is 0.335 e. The van der Waals surface area contributed by atoms with Crippen LogP contribution >= 0.6 is 0 Å². The van der Waals surface area contributed by atoms with Crippen LogP contribution in [-0.2, 0) is 42.7 Å². The standard InChI is InChI=1S/C26H43NO22/c1-5(30)27-9-13(34)12(33)8(46-24(9)48-19-16(37)17(38)23(42)47-21(19)22(40)41)4-43-26-20(15(36)11(32)7(3-29)45-26)49-25-18(39)14(35)10(31)6(2-28)44-25/h6-21,23-26,28-29,31-39,42H,2-4H2,1H3,(H,27,30)(H,40,41)/t6-,7-,8-,9-,10-,11+,12-,13-,14+,15+,16-,17-,18+,19+,20-,21+,23+,24-,25-,26+/m1/s1. The largest absolute Gasteiger partial charge is 0.479 e. The van der Waals surface area contributed by atoms with Crippen LogP contribution in [0.1, 0.15) is 6.92 Å². The number of amides is 1. The van der Waals surface area contributed by atoms with Crippen LogP contribution < -0.4 is 5.32 Å². The van der Waals surface area contributed by atoms with Crippen LogP contribution in [0.15, 0.2) is 0 Å². The molecule has 4 heterocycles. The quantitative estimate of drug-likeness (QED) is 0.0941. The molecule has 0 aromatic rings. The summed E-state index contributed by atoms with van der Waals surface area (Å²) in [7, 11) is 0. The van der Waals surface area contributed by atoms with E-state index in [1.165, 1.54) is 0 Å². The molecule has 20 atom stereocenters. The lowest BCUT2D eigenvalue weighted by atomic mass is 9.95. The molecular weight excluding hydrogens is 678 g/mol. The zero-order valence-corrected chi connectivity index (χ0v) is 25.7. The van der Waals surface area contributed by atoms with Gasteiger partial charge in [0.2, 0.25) is 5.91 Å². The summed E-state index contributed by atoms with van der Waals surface area (Å²) in [6, 6.07) is -1.64. The molecule has 0 saturated carbocycles. The number of ether oxygens (including phenoxy) is 7. The number of carboxylic acids is 1. The number of nitrogens with one attached hydrogen (secondary N) is 1. The van der Waals surface area contributed by atoms with E-state index in [0.29, 0.717) is 0 Å². The Balaban J connectivity index is 1.55. The Morgan fingerprint density at radius 1 is 0.592 bits per heavy atom. The predicted octanol–water partition coefficient (Wildman–Crippen LogP) is -9.51. The Labute approximate surface area is 276 Å². The van der Waals surface area contributed by atoms with Gasteiger partial charge in [-0.05, 0) is 0 Å². The number of carbonyl (C=O) groups is 2. The molecule has 23 nitrogen and oxygen atoms in total. The number of hydrogen-bond donors (Lipinski definition) is 14. The highest BCUT2D eigenvalue weighted by Crippen LogP contribution is 2.32. The van der Waals surface area contributed by atoms with E-state index in [-0.39, 0.29) is 0 Å². The van der Waals surface area contributed by atoms with Gasteiger partial charge < -0.3 is 105 Å². The van der Waals surface area contributed by atoms with E-state index in [9.17, 15) is 76.0 Å². The van der Waals surface area contributed by atoms with E-state index in [2.05, 4.69) is 5.32 Å². The molecule has 14 N–H and O–H groups in total. The van der Waals surface area contributed by atoms with Gasteiger partial charge in [-0.25, -0.2) is 4.79 Å². The Kier molecular flexibility index (Phi) is 13.6. The Morgan fingerprint density at radius 3 is 1.67 bits per heavy atom. The molecule has 23 heteroatoms. The fraction of sp³-hybridized carbons (Fsp3) is 0.923. The van der Waals surface area contributed by atoms with Crippen molar-refractivity contribution in [2.24, 2.45) is 0 Å². The highest BCUT2D eigenvalue weighted by atomic mass is 16.8. The van der Waals surface area contributed by atoms with Crippen molar-refractivity contribution in [3.05, 3.63) is 0 Å². The second-order valence-electron chi connectivity index (χ2n) is 12.0. The van der Waals surface area contributed by atoms with E-state index in [4.69, 9.17) is 33.2 Å². The van der Waals surface area contributed by atoms with Gasteiger partial charge in [0.05, 0.1) is 19.8 Å². The van der Waals surface area contributed by atoms with Crippen molar-refractivity contribution in [1.82, 2.24) is 5.32 Å². The molecule has 0 unspecified atom stereocenters. The number of aliphatic hydroxyl groups is 12. The minimum atomic E-state index is -2.13. The molecule has 49 heavy (non-hydrogen) atoms. The molecule has 0 spiro atoms. The molecule has 4 aliphatic heterocycles. The first kappa shape index (κ1) is 40.0. The van der Waals surface area contributed by atoms with Crippen LogP contribution in [-0.4, -0.2) is 221 Å². The first-order chi connectivity index (χ1) is 23.0. The van der Waals surface area contributed by atoms with Crippen LogP contribution in [0.4, 0.5) is 0 Å². The summed E-state index contributed by atoms with van der Waals surface area (Å²) >= 11 is 0. The minimum Gasteiger partial charge on any atom is -0.479 e. The number of aliphatic carboxylic acids is 1. The van der Waals surface area contributed by atoms with Gasteiger partial charge in [-0.2, -0.15) is 0 Å². The molecule has 0 aromatic heterocycles. The van der Waals surface area contributed by atoms with Gasteiger partial charge in [0.25, 0.3) is 0 Å². The van der Waals surface area contributed by atoms with E-state index in [1.807, 2.05) is 0 Å². The lowest BCUT2D eigenvalue weighted by Crippen LogP contribution is -2.68. The van der Waals surface area contributed by atoms with Crippen molar-refractivity contribution in [3.8, 4) is 0 Å². The molecule has 4 saturated heterocycles. The molecule has 4 fully saturated rings. The second kappa shape index (κ2) is 16.7. The van der Waals surface area contributed by atoms with Crippen molar-refractivity contribution >= 4 is 11.9 Å². The van der Waals surface area contributed by atoms with Crippen molar-refractivity contribution in [3.63, 3.8) is 0 Å². The van der Waals surface area contributed by atoms with Crippen molar-refractivity contribution < 1.29 is 109 Å². The number of aliphatic hydroxyl groups excluding tert-OH is 12. The lowest BCUT2D eigenvalue weighted by molar-refractivity contribution is -0.373. The molecule has 0 aromatic carbocycles. The molecule has 0 radical (unpaired) electrons. The molecule has 0 bridgehead atoms. The van der Waals surface area contributed by atoms with E-state index >= 15 is 0 Å². The fourth-order valence-electron chi connectivity index (χ4n) is 5.79. The van der Waals surface area contributed by atoms with Gasteiger partial charge in [-0.3, -0.25) is 4.79 Å². The zero-order chi connectivity index (χ0) is 36.5. The fourth-order valence-corrected chi connectivity index (χ4v) is 5.79. The topological polar surface area (TPSA) is 374 Å². The Morgan fingerprint density at radius 2 is 1.10 bits per heavy atom. The highest BCUT2D eigenvalue weighted by molar-refractivity contribution is 5.74. The molecule has 0 aliphatic carbocycles. The third-order valence-corrected chi connectivity index (χ3v) is 8.56. The van der Waals surface area contributed by atoms with Gasteiger partial charge in [-0.15, -0.1) is 0 Å². The van der Waals surface area contributed by atoms with Crippen LogP contribution in [0.3, 0.4) is 0 Å². The van der Waals surface area contributed by atoms with E-state index < -0.39 is 154 Å². The summed E-state index contributed by atoms with van der Waals surface area (Å²) in [5.41, 5.74) is 0. The highest BCUT2D eigenvalue weighted by Gasteiger charge is 2.54. The average Bonchev–Trinajstić information content (AvgIpc) is 3.06. The monoisotopic (exact) mass is 721 g/mol. The Hall–Kier alpha value is -1.82. The minimum absolute atomic E-state index is 0.778. The summed E-state index contributed by atoms with van der Waals surface area (Å²) in [5.74, 6) is -2.53. The summed E-state index contributed by atoms with van der Waals surface area (Å²) in [5, 5.41) is 135. The zero-order valence-electron chi connectivity index (χ0n) is 25.7. The molecule has 1 amide bonds. The van der Waals surface area contributed by atoms with Gasteiger partial charge in [0, 0.05) is 6.92 Å². The first-order valence-corrected chi connectivity index (χ1v) is 15.1. The third kappa shape index (κ3) is 8.47. The predicted molar refractivity (Wildman–Crippen MR) is 146 cm³/mol. The summed E-state index contributed by atoms with van der Waals surface area (Å²) in [4.78, 5) is 23.7. The Bertz CT molecular complexity index is 1100. The van der Waals surface area contributed by atoms with Gasteiger partial charge in [0.1, 0.15) is 91.5 Å². The third-order valence-electron chi connectivity index (χ3n) is 8.56. The summed E-state index contributed by atoms with van der Waals surface area (Å²) in [6.45, 7) is -1.49. The van der Waals surface area contributed by atoms with Crippen molar-refractivity contribution in [2.45, 2.75) is 130 Å². The van der Waals surface area contributed by atoms with Crippen LogP contribution in [0.25, 0.3) is 0 Å². The maximum atomic E-state index is 11.9. The summed E-state index contributed by atoms with van der Waals surface area (Å²) < 4.78 is 38.1. The van der Waals surface area contributed by atoms with Crippen LogP contribution in [0.5, 0.6) is 0 Å². The van der Waals surface area contributed by atoms with Gasteiger partial charge in [-0.1, -0.05) is 0 Å². The second-order valence-corrected chi connectivity index (χ2v) is 12.0. The summed E-state index contributed by atoms with van der Waals surface area (Å²) in [6.07, 6.45) is -35.7. The van der Waals surface area contributed by atoms with Crippen molar-refractivity contribution in [1.29, 1.82) is 0 Å². The lowest BCUT2D eigenvalue weighted by Gasteiger charge is -2.47. The van der Waals surface area contributed by atoms with E-state index in [0.717, 1.165) is 6.92 Å². The number of carbonyl (C=O) groups excluding carboxylic acids is 1.